The lowest BCUT2D eigenvalue weighted by atomic mass is 10.3. The molecule has 0 atom stereocenters. The molecule has 2 rings (SSSR count). The van der Waals surface area contributed by atoms with Gasteiger partial charge in [-0.2, -0.15) is 0 Å². The molecule has 0 spiro atoms. The molecule has 0 fully saturated rings. The van der Waals surface area contributed by atoms with E-state index in [9.17, 15) is 0 Å². The lowest BCUT2D eigenvalue weighted by Gasteiger charge is -1.87. The second kappa shape index (κ2) is 4.60. The van der Waals surface area contributed by atoms with Crippen molar-refractivity contribution < 1.29 is 0 Å². The first-order valence-corrected chi connectivity index (χ1v) is 6.42. The zero-order chi connectivity index (χ0) is 10.7. The fourth-order valence-corrected chi connectivity index (χ4v) is 3.26. The van der Waals surface area contributed by atoms with E-state index in [4.69, 9.17) is 0 Å². The molecule has 2 aromatic heterocycles. The summed E-state index contributed by atoms with van der Waals surface area (Å²) in [6, 6.07) is 8.61. The molecule has 0 nitrogen and oxygen atoms in total. The van der Waals surface area contributed by atoms with Crippen molar-refractivity contribution in [3.05, 3.63) is 46.7 Å². The van der Waals surface area contributed by atoms with Gasteiger partial charge in [-0.05, 0) is 37.3 Å². The Morgan fingerprint density at radius 2 is 1.60 bits per heavy atom. The summed E-state index contributed by atoms with van der Waals surface area (Å²) in [5.41, 5.74) is 0. The molecule has 0 saturated heterocycles. The van der Waals surface area contributed by atoms with Crippen LogP contribution in [0.15, 0.2) is 36.9 Å². The summed E-state index contributed by atoms with van der Waals surface area (Å²) in [5, 5.41) is 0. The van der Waals surface area contributed by atoms with E-state index in [0.717, 1.165) is 0 Å². The van der Waals surface area contributed by atoms with Crippen LogP contribution >= 0.6 is 22.7 Å². The Labute approximate surface area is 98.2 Å². The Morgan fingerprint density at radius 1 is 1.00 bits per heavy atom. The monoisotopic (exact) mass is 232 g/mol. The second-order valence-corrected chi connectivity index (χ2v) is 5.34. The van der Waals surface area contributed by atoms with Crippen molar-refractivity contribution in [2.45, 2.75) is 6.92 Å². The maximum absolute atomic E-state index is 3.78. The third kappa shape index (κ3) is 2.28. The van der Waals surface area contributed by atoms with E-state index in [1.165, 1.54) is 19.5 Å². The molecule has 0 aromatic carbocycles. The summed E-state index contributed by atoms with van der Waals surface area (Å²) < 4.78 is 0. The molecule has 76 valence electrons. The van der Waals surface area contributed by atoms with Gasteiger partial charge in [-0.3, -0.25) is 0 Å². The minimum absolute atomic E-state index is 1.23. The Morgan fingerprint density at radius 3 is 2.13 bits per heavy atom. The molecule has 0 saturated carbocycles. The molecule has 0 bridgehead atoms. The summed E-state index contributed by atoms with van der Waals surface area (Å²) in [7, 11) is 0. The van der Waals surface area contributed by atoms with Crippen LogP contribution in [-0.4, -0.2) is 0 Å². The normalized spacial score (nSPS) is 11.0. The highest BCUT2D eigenvalue weighted by Gasteiger charge is 2.03. The maximum Gasteiger partial charge on any atom is 0.0449 e. The van der Waals surface area contributed by atoms with Crippen LogP contribution < -0.4 is 0 Å². The van der Waals surface area contributed by atoms with Crippen LogP contribution in [0.1, 0.15) is 16.7 Å². The Bertz CT molecular complexity index is 486. The Kier molecular flexibility index (Phi) is 3.19. The molecule has 2 heteroatoms. The minimum atomic E-state index is 1.23. The van der Waals surface area contributed by atoms with E-state index in [-0.39, 0.29) is 0 Å². The van der Waals surface area contributed by atoms with E-state index in [1.54, 1.807) is 11.3 Å². The lowest BCUT2D eigenvalue weighted by molar-refractivity contribution is 1.78. The van der Waals surface area contributed by atoms with Gasteiger partial charge in [-0.1, -0.05) is 18.7 Å². The average molecular weight is 232 g/mol. The van der Waals surface area contributed by atoms with Crippen LogP contribution in [0.3, 0.4) is 0 Å². The minimum Gasteiger partial charge on any atom is -0.135 e. The van der Waals surface area contributed by atoms with Gasteiger partial charge in [0.05, 0.1) is 0 Å². The van der Waals surface area contributed by atoms with Crippen LogP contribution in [-0.2, 0) is 0 Å². The summed E-state index contributed by atoms with van der Waals surface area (Å²) in [6.07, 6.45) is 6.10. The molecule has 2 heterocycles. The molecule has 0 N–H and O–H groups in total. The van der Waals surface area contributed by atoms with E-state index in [0.29, 0.717) is 0 Å². The van der Waals surface area contributed by atoms with E-state index < -0.39 is 0 Å². The summed E-state index contributed by atoms with van der Waals surface area (Å²) in [4.78, 5) is 5.19. The largest absolute Gasteiger partial charge is 0.135 e. The highest BCUT2D eigenvalue weighted by molar-refractivity contribution is 7.22. The smallest absolute Gasteiger partial charge is 0.0449 e. The maximum atomic E-state index is 3.78. The van der Waals surface area contributed by atoms with Crippen LogP contribution in [0.25, 0.3) is 21.9 Å². The molecule has 2 aromatic rings. The van der Waals surface area contributed by atoms with Gasteiger partial charge in [-0.25, -0.2) is 0 Å². The zero-order valence-electron chi connectivity index (χ0n) is 8.57. The summed E-state index contributed by atoms with van der Waals surface area (Å²) >= 11 is 3.61. The molecule has 0 aliphatic carbocycles. The topological polar surface area (TPSA) is 0 Å². The van der Waals surface area contributed by atoms with E-state index in [1.807, 2.05) is 24.3 Å². The van der Waals surface area contributed by atoms with E-state index >= 15 is 0 Å². The van der Waals surface area contributed by atoms with Crippen molar-refractivity contribution >= 4 is 34.8 Å². The molecule has 0 radical (unpaired) electrons. The third-order valence-electron chi connectivity index (χ3n) is 2.03. The number of allylic oxidation sites excluding steroid dienone is 1. The van der Waals surface area contributed by atoms with Crippen molar-refractivity contribution in [3.8, 4) is 9.75 Å². The molecule has 0 aliphatic heterocycles. The van der Waals surface area contributed by atoms with Gasteiger partial charge in [0.1, 0.15) is 0 Å². The lowest BCUT2D eigenvalue weighted by Crippen LogP contribution is -1.56. The summed E-state index contributed by atoms with van der Waals surface area (Å²) in [6.45, 7) is 5.82. The Hall–Kier alpha value is -1.12. The molecule has 0 aliphatic rings. The van der Waals surface area contributed by atoms with E-state index in [2.05, 4.69) is 43.0 Å². The van der Waals surface area contributed by atoms with Crippen molar-refractivity contribution in [1.29, 1.82) is 0 Å². The first-order chi connectivity index (χ1) is 7.33. The standard InChI is InChI=1S/C13H12S2/c1-3-5-11-7-9-13(15-11)12-8-6-10(4-2)14-12/h3-9H,2H2,1H3. The van der Waals surface area contributed by atoms with Crippen LogP contribution in [0.4, 0.5) is 0 Å². The predicted molar refractivity (Wildman–Crippen MR) is 72.4 cm³/mol. The number of thiophene rings is 2. The first kappa shape index (κ1) is 10.4. The molecule has 0 unspecified atom stereocenters. The van der Waals surface area contributed by atoms with Gasteiger partial charge in [0.25, 0.3) is 0 Å². The van der Waals surface area contributed by atoms with Gasteiger partial charge in [0.15, 0.2) is 0 Å². The summed E-state index contributed by atoms with van der Waals surface area (Å²) in [5.74, 6) is 0. The SMILES string of the molecule is C=Cc1ccc(-c2ccc(C=CC)s2)s1. The average Bonchev–Trinajstić information content (AvgIpc) is 2.85. The quantitative estimate of drug-likeness (QED) is 0.686. The molecular weight excluding hydrogens is 220 g/mol. The highest BCUT2D eigenvalue weighted by Crippen LogP contribution is 2.34. The van der Waals surface area contributed by atoms with Gasteiger partial charge >= 0.3 is 0 Å². The number of rotatable bonds is 3. The van der Waals surface area contributed by atoms with Gasteiger partial charge in [-0.15, -0.1) is 22.7 Å². The van der Waals surface area contributed by atoms with Crippen LogP contribution in [0, 0.1) is 0 Å². The van der Waals surface area contributed by atoms with Crippen LogP contribution in [0.2, 0.25) is 0 Å². The van der Waals surface area contributed by atoms with Gasteiger partial charge < -0.3 is 0 Å². The Balaban J connectivity index is 2.32. The first-order valence-electron chi connectivity index (χ1n) is 4.78. The van der Waals surface area contributed by atoms with Crippen molar-refractivity contribution in [2.75, 3.05) is 0 Å². The number of hydrogen-bond donors (Lipinski definition) is 0. The third-order valence-corrected chi connectivity index (χ3v) is 4.36. The predicted octanol–water partition coefficient (Wildman–Crippen LogP) is 5.15. The van der Waals surface area contributed by atoms with Crippen molar-refractivity contribution in [1.82, 2.24) is 0 Å². The fraction of sp³-hybridized carbons (Fsp3) is 0.0769. The number of hydrogen-bond acceptors (Lipinski definition) is 2. The molecule has 15 heavy (non-hydrogen) atoms. The van der Waals surface area contributed by atoms with Crippen molar-refractivity contribution in [3.63, 3.8) is 0 Å². The van der Waals surface area contributed by atoms with Crippen molar-refractivity contribution in [2.24, 2.45) is 0 Å². The molecule has 0 amide bonds. The fourth-order valence-electron chi connectivity index (χ4n) is 1.33. The second-order valence-electron chi connectivity index (χ2n) is 3.11. The molecular formula is C13H12S2. The van der Waals surface area contributed by atoms with Gasteiger partial charge in [0, 0.05) is 19.5 Å². The van der Waals surface area contributed by atoms with Crippen LogP contribution in [0.5, 0.6) is 0 Å². The van der Waals surface area contributed by atoms with Gasteiger partial charge in [0.2, 0.25) is 0 Å². The zero-order valence-corrected chi connectivity index (χ0v) is 10.2. The highest BCUT2D eigenvalue weighted by atomic mass is 32.1.